The molecule has 2 aromatic carbocycles. The molecule has 8 heteroatoms. The van der Waals surface area contributed by atoms with Crippen LogP contribution in [-0.2, 0) is 0 Å². The van der Waals surface area contributed by atoms with Gasteiger partial charge in [-0.2, -0.15) is 4.68 Å². The van der Waals surface area contributed by atoms with E-state index in [-0.39, 0.29) is 11.8 Å². The SMILES string of the molecule is O=C1c2ccccc2C(=O)N1c1cccc(-n2nnnc2S)c1. The van der Waals surface area contributed by atoms with Gasteiger partial charge in [0.05, 0.1) is 22.5 Å². The number of hydrogen-bond acceptors (Lipinski definition) is 6. The molecular formula is C15H9N5O2S. The maximum Gasteiger partial charge on any atom is 0.266 e. The molecule has 1 aromatic heterocycles. The van der Waals surface area contributed by atoms with Crippen molar-refractivity contribution in [2.45, 2.75) is 5.16 Å². The lowest BCUT2D eigenvalue weighted by Gasteiger charge is -2.15. The van der Waals surface area contributed by atoms with Crippen LogP contribution in [0.2, 0.25) is 0 Å². The predicted octanol–water partition coefficient (Wildman–Crippen LogP) is 1.75. The molecule has 0 saturated heterocycles. The number of fused-ring (bicyclic) bond motifs is 1. The Morgan fingerprint density at radius 1 is 0.870 bits per heavy atom. The van der Waals surface area contributed by atoms with E-state index in [4.69, 9.17) is 0 Å². The summed E-state index contributed by atoms with van der Waals surface area (Å²) in [6.07, 6.45) is 0. The fourth-order valence-electron chi connectivity index (χ4n) is 2.54. The third-order valence-corrected chi connectivity index (χ3v) is 3.86. The molecule has 7 nitrogen and oxygen atoms in total. The molecule has 1 aliphatic heterocycles. The largest absolute Gasteiger partial charge is 0.268 e. The highest BCUT2D eigenvalue weighted by Crippen LogP contribution is 2.29. The van der Waals surface area contributed by atoms with Gasteiger partial charge in [-0.3, -0.25) is 9.59 Å². The van der Waals surface area contributed by atoms with Crippen molar-refractivity contribution in [1.29, 1.82) is 0 Å². The van der Waals surface area contributed by atoms with Crippen molar-refractivity contribution in [3.8, 4) is 5.69 Å². The van der Waals surface area contributed by atoms with Gasteiger partial charge in [-0.25, -0.2) is 4.90 Å². The number of tetrazole rings is 1. The third kappa shape index (κ3) is 2.03. The molecule has 4 rings (SSSR count). The summed E-state index contributed by atoms with van der Waals surface area (Å²) in [5.74, 6) is -0.684. The normalized spacial score (nSPS) is 13.5. The second-order valence-corrected chi connectivity index (χ2v) is 5.30. The van der Waals surface area contributed by atoms with E-state index < -0.39 is 0 Å². The van der Waals surface area contributed by atoms with E-state index in [1.807, 2.05) is 0 Å². The zero-order valence-corrected chi connectivity index (χ0v) is 12.5. The van der Waals surface area contributed by atoms with Crippen LogP contribution < -0.4 is 4.90 Å². The number of amides is 2. The van der Waals surface area contributed by atoms with Crippen LogP contribution in [-0.4, -0.2) is 32.0 Å². The molecule has 0 N–H and O–H groups in total. The summed E-state index contributed by atoms with van der Waals surface area (Å²) >= 11 is 4.16. The van der Waals surface area contributed by atoms with Gasteiger partial charge in [-0.1, -0.05) is 18.2 Å². The van der Waals surface area contributed by atoms with Crippen molar-refractivity contribution in [3.63, 3.8) is 0 Å². The average Bonchev–Trinajstić information content (AvgIpc) is 3.11. The van der Waals surface area contributed by atoms with E-state index >= 15 is 0 Å². The Morgan fingerprint density at radius 3 is 2.13 bits per heavy atom. The lowest BCUT2D eigenvalue weighted by Crippen LogP contribution is -2.29. The Bertz CT molecular complexity index is 917. The van der Waals surface area contributed by atoms with Gasteiger partial charge in [0.25, 0.3) is 11.8 Å². The molecule has 0 unspecified atom stereocenters. The van der Waals surface area contributed by atoms with Gasteiger partial charge in [0.15, 0.2) is 0 Å². The molecule has 0 fully saturated rings. The van der Waals surface area contributed by atoms with Gasteiger partial charge in [-0.15, -0.1) is 17.7 Å². The summed E-state index contributed by atoms with van der Waals surface area (Å²) in [5, 5.41) is 11.4. The number of anilines is 1. The molecule has 1 aliphatic rings. The van der Waals surface area contributed by atoms with Crippen LogP contribution >= 0.6 is 12.6 Å². The lowest BCUT2D eigenvalue weighted by molar-refractivity contribution is 0.0926. The fourth-order valence-corrected chi connectivity index (χ4v) is 2.73. The minimum atomic E-state index is -0.342. The van der Waals surface area contributed by atoms with Gasteiger partial charge >= 0.3 is 0 Å². The molecule has 23 heavy (non-hydrogen) atoms. The van der Waals surface area contributed by atoms with Crippen molar-refractivity contribution in [1.82, 2.24) is 20.2 Å². The van der Waals surface area contributed by atoms with Gasteiger partial charge in [0.1, 0.15) is 0 Å². The molecule has 0 spiro atoms. The summed E-state index contributed by atoms with van der Waals surface area (Å²) in [5.41, 5.74) is 1.87. The highest BCUT2D eigenvalue weighted by atomic mass is 32.1. The number of carbonyl (C=O) groups excluding carboxylic acids is 2. The van der Waals surface area contributed by atoms with Crippen LogP contribution in [0.1, 0.15) is 20.7 Å². The number of rotatable bonds is 2. The number of thiol groups is 1. The Labute approximate surface area is 135 Å². The molecule has 0 saturated carbocycles. The van der Waals surface area contributed by atoms with Crippen LogP contribution in [0.4, 0.5) is 5.69 Å². The van der Waals surface area contributed by atoms with E-state index in [1.54, 1.807) is 48.5 Å². The van der Waals surface area contributed by atoms with Gasteiger partial charge in [0.2, 0.25) is 5.16 Å². The molecule has 0 aliphatic carbocycles. The molecular weight excluding hydrogens is 314 g/mol. The van der Waals surface area contributed by atoms with Gasteiger partial charge in [0, 0.05) is 0 Å². The van der Waals surface area contributed by atoms with Crippen molar-refractivity contribution in [2.75, 3.05) is 4.90 Å². The molecule has 112 valence electrons. The lowest BCUT2D eigenvalue weighted by atomic mass is 10.1. The number of carbonyl (C=O) groups is 2. The van der Waals surface area contributed by atoms with Crippen LogP contribution in [0.5, 0.6) is 0 Å². The van der Waals surface area contributed by atoms with E-state index in [1.165, 1.54) is 4.68 Å². The molecule has 0 atom stereocenters. The summed E-state index contributed by atoms with van der Waals surface area (Å²) in [6.45, 7) is 0. The molecule has 2 amide bonds. The topological polar surface area (TPSA) is 81.0 Å². The zero-order chi connectivity index (χ0) is 16.0. The van der Waals surface area contributed by atoms with Crippen LogP contribution in [0.15, 0.2) is 53.7 Å². The Hall–Kier alpha value is -3.00. The van der Waals surface area contributed by atoms with E-state index in [0.717, 1.165) is 4.90 Å². The second kappa shape index (κ2) is 5.03. The maximum absolute atomic E-state index is 12.5. The van der Waals surface area contributed by atoms with Crippen LogP contribution in [0.3, 0.4) is 0 Å². The zero-order valence-electron chi connectivity index (χ0n) is 11.6. The highest BCUT2D eigenvalue weighted by Gasteiger charge is 2.36. The Morgan fingerprint density at radius 2 is 1.52 bits per heavy atom. The van der Waals surface area contributed by atoms with Crippen LogP contribution in [0.25, 0.3) is 5.69 Å². The number of aromatic nitrogens is 4. The molecule has 0 bridgehead atoms. The standard InChI is InChI=1S/C15H9N5O2S/c21-13-11-6-1-2-7-12(11)14(22)19(13)9-4-3-5-10(8-9)20-15(23)16-17-18-20/h1-8H,(H,16,18,23). The quantitative estimate of drug-likeness (QED) is 0.574. The van der Waals surface area contributed by atoms with Crippen molar-refractivity contribution < 1.29 is 9.59 Å². The first-order valence-electron chi connectivity index (χ1n) is 6.72. The van der Waals surface area contributed by atoms with Crippen molar-refractivity contribution in [2.24, 2.45) is 0 Å². The van der Waals surface area contributed by atoms with E-state index in [9.17, 15) is 9.59 Å². The fraction of sp³-hybridized carbons (Fsp3) is 0. The number of hydrogen-bond donors (Lipinski definition) is 1. The summed E-state index contributed by atoms with van der Waals surface area (Å²) < 4.78 is 1.41. The first kappa shape index (κ1) is 13.6. The average molecular weight is 323 g/mol. The number of imide groups is 1. The molecule has 2 heterocycles. The predicted molar refractivity (Wildman–Crippen MR) is 84.0 cm³/mol. The Balaban J connectivity index is 1.80. The van der Waals surface area contributed by atoms with Crippen molar-refractivity contribution >= 4 is 30.1 Å². The number of benzene rings is 2. The Kier molecular flexibility index (Phi) is 2.98. The van der Waals surface area contributed by atoms with Gasteiger partial charge < -0.3 is 0 Å². The van der Waals surface area contributed by atoms with Gasteiger partial charge in [-0.05, 0) is 40.8 Å². The monoisotopic (exact) mass is 323 g/mol. The number of nitrogens with zero attached hydrogens (tertiary/aromatic N) is 5. The first-order chi connectivity index (χ1) is 11.2. The summed E-state index contributed by atoms with van der Waals surface area (Å²) in [4.78, 5) is 26.2. The minimum absolute atomic E-state index is 0.310. The molecule has 3 aromatic rings. The summed E-state index contributed by atoms with van der Waals surface area (Å²) in [6, 6.07) is 13.6. The minimum Gasteiger partial charge on any atom is -0.268 e. The highest BCUT2D eigenvalue weighted by molar-refractivity contribution is 7.80. The van der Waals surface area contributed by atoms with E-state index in [0.29, 0.717) is 27.7 Å². The van der Waals surface area contributed by atoms with Crippen molar-refractivity contribution in [3.05, 3.63) is 59.7 Å². The van der Waals surface area contributed by atoms with Crippen LogP contribution in [0, 0.1) is 0 Å². The van der Waals surface area contributed by atoms with E-state index in [2.05, 4.69) is 28.2 Å². The third-order valence-electron chi connectivity index (χ3n) is 3.58. The second-order valence-electron chi connectivity index (χ2n) is 4.90. The summed E-state index contributed by atoms with van der Waals surface area (Å²) in [7, 11) is 0. The first-order valence-corrected chi connectivity index (χ1v) is 7.17. The smallest absolute Gasteiger partial charge is 0.266 e. The maximum atomic E-state index is 12.5. The molecule has 0 radical (unpaired) electrons.